The lowest BCUT2D eigenvalue weighted by molar-refractivity contribution is -0.116. The number of carbonyl (C=O) groups excluding carboxylic acids is 1. The highest BCUT2D eigenvalue weighted by molar-refractivity contribution is 7.12. The van der Waals surface area contributed by atoms with Crippen LogP contribution in [-0.2, 0) is 4.79 Å². The Bertz CT molecular complexity index is 755. The van der Waals surface area contributed by atoms with E-state index in [-0.39, 0.29) is 16.8 Å². The molecule has 1 aliphatic rings. The Morgan fingerprint density at radius 1 is 1.48 bits per heavy atom. The van der Waals surface area contributed by atoms with Crippen molar-refractivity contribution >= 4 is 28.9 Å². The lowest BCUT2D eigenvalue weighted by atomic mass is 9.99. The van der Waals surface area contributed by atoms with Gasteiger partial charge in [0.05, 0.1) is 11.7 Å². The van der Waals surface area contributed by atoms with Gasteiger partial charge in [0, 0.05) is 19.0 Å². The minimum absolute atomic E-state index is 0.155. The topological polar surface area (TPSA) is 95.7 Å². The summed E-state index contributed by atoms with van der Waals surface area (Å²) >= 11 is 1.10. The number of thiophene rings is 1. The molecule has 0 aromatic carbocycles. The fourth-order valence-corrected chi connectivity index (χ4v) is 3.85. The number of carbonyl (C=O) groups is 2. The number of rotatable bonds is 6. The summed E-state index contributed by atoms with van der Waals surface area (Å²) in [6.07, 6.45) is 3.54. The van der Waals surface area contributed by atoms with Crippen LogP contribution < -0.4 is 5.32 Å². The van der Waals surface area contributed by atoms with Crippen molar-refractivity contribution in [2.75, 3.05) is 18.4 Å². The highest BCUT2D eigenvalue weighted by atomic mass is 32.1. The molecule has 25 heavy (non-hydrogen) atoms. The number of anilines is 1. The van der Waals surface area contributed by atoms with E-state index in [2.05, 4.69) is 15.4 Å². The molecule has 1 amide bonds. The molecule has 0 aliphatic carbocycles. The minimum Gasteiger partial charge on any atom is -0.477 e. The number of hydrogen-bond donors (Lipinski definition) is 2. The van der Waals surface area contributed by atoms with Gasteiger partial charge in [0.25, 0.3) is 0 Å². The van der Waals surface area contributed by atoms with Crippen molar-refractivity contribution < 1.29 is 19.2 Å². The minimum atomic E-state index is -1.03. The first-order valence-electron chi connectivity index (χ1n) is 8.32. The maximum absolute atomic E-state index is 12.2. The van der Waals surface area contributed by atoms with Gasteiger partial charge in [0.2, 0.25) is 5.91 Å². The van der Waals surface area contributed by atoms with Crippen LogP contribution in [0.3, 0.4) is 0 Å². The van der Waals surface area contributed by atoms with Crippen LogP contribution in [0.4, 0.5) is 5.69 Å². The Balaban J connectivity index is 1.58. The summed E-state index contributed by atoms with van der Waals surface area (Å²) in [5.74, 6) is -0.415. The van der Waals surface area contributed by atoms with Crippen molar-refractivity contribution in [1.82, 2.24) is 10.1 Å². The van der Waals surface area contributed by atoms with E-state index in [0.717, 1.165) is 48.6 Å². The quantitative estimate of drug-likeness (QED) is 0.817. The van der Waals surface area contributed by atoms with E-state index < -0.39 is 5.97 Å². The van der Waals surface area contributed by atoms with Crippen molar-refractivity contribution in [2.45, 2.75) is 38.6 Å². The summed E-state index contributed by atoms with van der Waals surface area (Å²) in [5.41, 5.74) is 1.29. The Morgan fingerprint density at radius 3 is 3.04 bits per heavy atom. The molecular weight excluding hydrogens is 342 g/mol. The van der Waals surface area contributed by atoms with E-state index in [1.54, 1.807) is 11.4 Å². The first-order chi connectivity index (χ1) is 12.0. The average Bonchev–Trinajstić information content (AvgIpc) is 3.22. The number of nitrogens with one attached hydrogen (secondary N) is 1. The third-order valence-corrected chi connectivity index (χ3v) is 5.26. The van der Waals surface area contributed by atoms with Gasteiger partial charge in [-0.25, -0.2) is 4.79 Å². The molecule has 2 aromatic rings. The lowest BCUT2D eigenvalue weighted by Gasteiger charge is -2.34. The molecule has 3 rings (SSSR count). The number of carboxylic acid groups (broad SMARTS) is 1. The molecular formula is C17H21N3O4S. The normalized spacial score (nSPS) is 18.2. The standard InChI is InChI=1S/C17H21N3O4S/c1-11-10-13(19-24-11)14-4-2-3-7-20(14)8-5-15(21)18-12-6-9-25-16(12)17(22)23/h6,9-10,14H,2-5,7-8H2,1H3,(H,18,21)(H,22,23)/t14-/m1/s1. The predicted molar refractivity (Wildman–Crippen MR) is 93.9 cm³/mol. The molecule has 1 atom stereocenters. The maximum Gasteiger partial charge on any atom is 0.348 e. The van der Waals surface area contributed by atoms with Gasteiger partial charge in [-0.15, -0.1) is 11.3 Å². The Labute approximate surface area is 149 Å². The zero-order valence-corrected chi connectivity index (χ0v) is 14.8. The summed E-state index contributed by atoms with van der Waals surface area (Å²) in [4.78, 5) is 25.7. The van der Waals surface area contributed by atoms with Gasteiger partial charge in [-0.1, -0.05) is 11.6 Å². The summed E-state index contributed by atoms with van der Waals surface area (Å²) in [7, 11) is 0. The first kappa shape index (κ1) is 17.6. The number of aryl methyl sites for hydroxylation is 1. The number of nitrogens with zero attached hydrogens (tertiary/aromatic N) is 2. The third kappa shape index (κ3) is 4.26. The van der Waals surface area contributed by atoms with Crippen LogP contribution in [0.5, 0.6) is 0 Å². The van der Waals surface area contributed by atoms with Crippen molar-refractivity contribution in [3.8, 4) is 0 Å². The number of hydrogen-bond acceptors (Lipinski definition) is 6. The molecule has 2 N–H and O–H groups in total. The van der Waals surface area contributed by atoms with Crippen LogP contribution in [-0.4, -0.2) is 40.1 Å². The van der Waals surface area contributed by atoms with Gasteiger partial charge in [-0.3, -0.25) is 9.69 Å². The second-order valence-electron chi connectivity index (χ2n) is 6.18. The van der Waals surface area contributed by atoms with Crippen molar-refractivity contribution in [1.29, 1.82) is 0 Å². The predicted octanol–water partition coefficient (Wildman–Crippen LogP) is 3.30. The molecule has 0 unspecified atom stereocenters. The summed E-state index contributed by atoms with van der Waals surface area (Å²) in [6.45, 7) is 3.40. The molecule has 1 saturated heterocycles. The zero-order chi connectivity index (χ0) is 17.8. The number of aromatic nitrogens is 1. The first-order valence-corrected chi connectivity index (χ1v) is 9.20. The number of carboxylic acids is 1. The Hall–Kier alpha value is -2.19. The van der Waals surface area contributed by atoms with Crippen LogP contribution in [0.2, 0.25) is 0 Å². The van der Waals surface area contributed by atoms with Crippen molar-refractivity contribution in [2.24, 2.45) is 0 Å². The largest absolute Gasteiger partial charge is 0.477 e. The molecule has 0 saturated carbocycles. The monoisotopic (exact) mass is 363 g/mol. The number of amides is 1. The molecule has 0 bridgehead atoms. The van der Waals surface area contributed by atoms with Gasteiger partial charge in [-0.05, 0) is 37.8 Å². The second-order valence-corrected chi connectivity index (χ2v) is 7.09. The van der Waals surface area contributed by atoms with Crippen molar-refractivity contribution in [3.63, 3.8) is 0 Å². The fraction of sp³-hybridized carbons (Fsp3) is 0.471. The number of aromatic carboxylic acids is 1. The van der Waals surface area contributed by atoms with Crippen molar-refractivity contribution in [3.05, 3.63) is 33.8 Å². The molecule has 134 valence electrons. The third-order valence-electron chi connectivity index (χ3n) is 4.36. The zero-order valence-electron chi connectivity index (χ0n) is 14.0. The van der Waals surface area contributed by atoms with E-state index in [1.807, 2.05) is 13.0 Å². The van der Waals surface area contributed by atoms with E-state index >= 15 is 0 Å². The highest BCUT2D eigenvalue weighted by Gasteiger charge is 2.26. The van der Waals surface area contributed by atoms with E-state index in [0.29, 0.717) is 18.7 Å². The second kappa shape index (κ2) is 7.79. The Morgan fingerprint density at radius 2 is 2.32 bits per heavy atom. The molecule has 3 heterocycles. The number of piperidine rings is 1. The van der Waals surface area contributed by atoms with Gasteiger partial charge >= 0.3 is 5.97 Å². The van der Waals surface area contributed by atoms with Crippen LogP contribution in [0.1, 0.15) is 52.9 Å². The average molecular weight is 363 g/mol. The van der Waals surface area contributed by atoms with Gasteiger partial charge in [-0.2, -0.15) is 0 Å². The summed E-state index contributed by atoms with van der Waals surface area (Å²) in [5, 5.41) is 17.6. The fourth-order valence-electron chi connectivity index (χ4n) is 3.17. The van der Waals surface area contributed by atoms with Gasteiger partial charge in [0.1, 0.15) is 16.3 Å². The summed E-state index contributed by atoms with van der Waals surface area (Å²) < 4.78 is 5.19. The number of likely N-dealkylation sites (tertiary alicyclic amines) is 1. The van der Waals surface area contributed by atoms with Crippen LogP contribution in [0, 0.1) is 6.92 Å². The molecule has 1 fully saturated rings. The highest BCUT2D eigenvalue weighted by Crippen LogP contribution is 2.30. The SMILES string of the molecule is Cc1cc([C@H]2CCCCN2CCC(=O)Nc2ccsc2C(=O)O)no1. The molecule has 8 heteroatoms. The van der Waals surface area contributed by atoms with E-state index in [1.165, 1.54) is 0 Å². The lowest BCUT2D eigenvalue weighted by Crippen LogP contribution is -2.35. The van der Waals surface area contributed by atoms with Crippen LogP contribution in [0.25, 0.3) is 0 Å². The van der Waals surface area contributed by atoms with Gasteiger partial charge in [0.15, 0.2) is 0 Å². The molecule has 0 radical (unpaired) electrons. The van der Waals surface area contributed by atoms with Crippen LogP contribution >= 0.6 is 11.3 Å². The van der Waals surface area contributed by atoms with E-state index in [9.17, 15) is 9.59 Å². The molecule has 0 spiro atoms. The van der Waals surface area contributed by atoms with E-state index in [4.69, 9.17) is 9.63 Å². The van der Waals surface area contributed by atoms with Crippen LogP contribution in [0.15, 0.2) is 22.0 Å². The summed E-state index contributed by atoms with van der Waals surface area (Å²) in [6, 6.07) is 3.75. The molecule has 1 aliphatic heterocycles. The Kier molecular flexibility index (Phi) is 5.50. The maximum atomic E-state index is 12.2. The molecule has 2 aromatic heterocycles. The smallest absolute Gasteiger partial charge is 0.348 e. The van der Waals surface area contributed by atoms with Gasteiger partial charge < -0.3 is 14.9 Å². The molecule has 7 nitrogen and oxygen atoms in total.